The highest BCUT2D eigenvalue weighted by molar-refractivity contribution is 9.10. The fourth-order valence-electron chi connectivity index (χ4n) is 1.76. The van der Waals surface area contributed by atoms with E-state index in [2.05, 4.69) is 26.2 Å². The maximum absolute atomic E-state index is 13.6. The molecule has 20 heavy (non-hydrogen) atoms. The fraction of sp³-hybridized carbons (Fsp3) is 0. The molecule has 0 saturated heterocycles. The standard InChI is InChI=1S/C13H8BrF2N3O/c14-6-4-10(8(16)5-7(6)15)18-13-19-12-9(17)2-1-3-11(12)20-13/h1-5H,17H2,(H,18,19). The molecule has 4 nitrogen and oxygen atoms in total. The SMILES string of the molecule is Nc1cccc2oc(Nc3cc(Br)c(F)cc3F)nc12. The number of fused-ring (bicyclic) bond motifs is 1. The molecule has 0 saturated carbocycles. The number of para-hydroxylation sites is 1. The lowest BCUT2D eigenvalue weighted by molar-refractivity contribution is 0.578. The van der Waals surface area contributed by atoms with Crippen molar-refractivity contribution in [2.75, 3.05) is 11.1 Å². The Balaban J connectivity index is 2.01. The second kappa shape index (κ2) is 4.75. The Kier molecular flexibility index (Phi) is 3.06. The molecule has 3 rings (SSSR count). The monoisotopic (exact) mass is 339 g/mol. The molecule has 102 valence electrons. The predicted molar refractivity (Wildman–Crippen MR) is 75.8 cm³/mol. The van der Waals surface area contributed by atoms with Crippen LogP contribution in [0.4, 0.5) is 26.2 Å². The van der Waals surface area contributed by atoms with Gasteiger partial charge in [-0.3, -0.25) is 0 Å². The van der Waals surface area contributed by atoms with Crippen LogP contribution >= 0.6 is 15.9 Å². The Morgan fingerprint density at radius 1 is 1.20 bits per heavy atom. The lowest BCUT2D eigenvalue weighted by atomic mass is 10.3. The molecule has 0 amide bonds. The topological polar surface area (TPSA) is 64.1 Å². The van der Waals surface area contributed by atoms with Gasteiger partial charge < -0.3 is 15.5 Å². The molecular weight excluding hydrogens is 332 g/mol. The minimum absolute atomic E-state index is 0.0448. The molecule has 1 aromatic heterocycles. The van der Waals surface area contributed by atoms with Crippen molar-refractivity contribution in [1.82, 2.24) is 4.98 Å². The molecule has 0 spiro atoms. The average molecular weight is 340 g/mol. The molecule has 3 N–H and O–H groups in total. The summed E-state index contributed by atoms with van der Waals surface area (Å²) in [7, 11) is 0. The summed E-state index contributed by atoms with van der Waals surface area (Å²) in [6.07, 6.45) is 0. The summed E-state index contributed by atoms with van der Waals surface area (Å²) < 4.78 is 32.3. The van der Waals surface area contributed by atoms with E-state index < -0.39 is 11.6 Å². The Morgan fingerprint density at radius 2 is 2.00 bits per heavy atom. The van der Waals surface area contributed by atoms with Crippen molar-refractivity contribution in [3.63, 3.8) is 0 Å². The number of nitrogen functional groups attached to an aromatic ring is 1. The molecule has 0 aliphatic carbocycles. The zero-order valence-corrected chi connectivity index (χ0v) is 11.5. The first-order chi connectivity index (χ1) is 9.54. The van der Waals surface area contributed by atoms with E-state index in [0.29, 0.717) is 16.8 Å². The second-order valence-corrected chi connectivity index (χ2v) is 4.94. The van der Waals surface area contributed by atoms with E-state index in [4.69, 9.17) is 10.2 Å². The van der Waals surface area contributed by atoms with Crippen LogP contribution in [0.5, 0.6) is 0 Å². The molecular formula is C13H8BrF2N3O. The highest BCUT2D eigenvalue weighted by Gasteiger charge is 2.12. The number of halogens is 3. The number of nitrogens with two attached hydrogens (primary N) is 1. The quantitative estimate of drug-likeness (QED) is 0.542. The molecule has 0 unspecified atom stereocenters. The first-order valence-electron chi connectivity index (χ1n) is 5.61. The van der Waals surface area contributed by atoms with Gasteiger partial charge in [-0.25, -0.2) is 8.78 Å². The van der Waals surface area contributed by atoms with Gasteiger partial charge in [-0.2, -0.15) is 4.98 Å². The minimum atomic E-state index is -0.749. The Bertz CT molecular complexity index is 804. The lowest BCUT2D eigenvalue weighted by Crippen LogP contribution is -1.95. The number of aromatic nitrogens is 1. The molecule has 3 aromatic rings. The van der Waals surface area contributed by atoms with E-state index in [1.54, 1.807) is 18.2 Å². The van der Waals surface area contributed by atoms with Crippen LogP contribution in [-0.2, 0) is 0 Å². The number of oxazole rings is 1. The minimum Gasteiger partial charge on any atom is -0.423 e. The first kappa shape index (κ1) is 12.9. The predicted octanol–water partition coefficient (Wildman–Crippen LogP) is 4.19. The van der Waals surface area contributed by atoms with Gasteiger partial charge in [0.25, 0.3) is 6.01 Å². The maximum atomic E-state index is 13.6. The summed E-state index contributed by atoms with van der Waals surface area (Å²) >= 11 is 2.99. The molecule has 0 radical (unpaired) electrons. The van der Waals surface area contributed by atoms with Crippen LogP contribution in [0.25, 0.3) is 11.1 Å². The van der Waals surface area contributed by atoms with Crippen molar-refractivity contribution >= 4 is 44.4 Å². The molecule has 1 heterocycles. The van der Waals surface area contributed by atoms with E-state index in [1.807, 2.05) is 0 Å². The highest BCUT2D eigenvalue weighted by Crippen LogP contribution is 2.29. The summed E-state index contributed by atoms with van der Waals surface area (Å²) in [5, 5.41) is 2.65. The third kappa shape index (κ3) is 2.20. The summed E-state index contributed by atoms with van der Waals surface area (Å²) in [6.45, 7) is 0. The van der Waals surface area contributed by atoms with Gasteiger partial charge in [0.05, 0.1) is 15.8 Å². The van der Waals surface area contributed by atoms with Gasteiger partial charge in [0.1, 0.15) is 17.2 Å². The van der Waals surface area contributed by atoms with Crippen LogP contribution in [0.15, 0.2) is 39.2 Å². The molecule has 0 bridgehead atoms. The lowest BCUT2D eigenvalue weighted by Gasteiger charge is -2.04. The number of nitrogens with one attached hydrogen (secondary N) is 1. The first-order valence-corrected chi connectivity index (χ1v) is 6.40. The van der Waals surface area contributed by atoms with E-state index in [9.17, 15) is 8.78 Å². The molecule has 0 aliphatic heterocycles. The van der Waals surface area contributed by atoms with Gasteiger partial charge in [-0.05, 0) is 34.1 Å². The van der Waals surface area contributed by atoms with Crippen LogP contribution in [-0.4, -0.2) is 4.98 Å². The van der Waals surface area contributed by atoms with Crippen molar-refractivity contribution in [2.24, 2.45) is 0 Å². The zero-order chi connectivity index (χ0) is 14.3. The van der Waals surface area contributed by atoms with E-state index >= 15 is 0 Å². The van der Waals surface area contributed by atoms with Crippen molar-refractivity contribution in [3.8, 4) is 0 Å². The smallest absolute Gasteiger partial charge is 0.300 e. The van der Waals surface area contributed by atoms with Gasteiger partial charge in [0, 0.05) is 6.07 Å². The normalized spacial score (nSPS) is 10.9. The summed E-state index contributed by atoms with van der Waals surface area (Å²) in [5.41, 5.74) is 7.22. The number of hydrogen-bond acceptors (Lipinski definition) is 4. The second-order valence-electron chi connectivity index (χ2n) is 4.08. The number of hydrogen-bond donors (Lipinski definition) is 2. The zero-order valence-electron chi connectivity index (χ0n) is 9.95. The Hall–Kier alpha value is -2.15. The highest BCUT2D eigenvalue weighted by atomic mass is 79.9. The molecule has 0 atom stereocenters. The van der Waals surface area contributed by atoms with Crippen molar-refractivity contribution in [3.05, 3.63) is 46.4 Å². The number of nitrogens with zero attached hydrogens (tertiary/aromatic N) is 1. The maximum Gasteiger partial charge on any atom is 0.300 e. The van der Waals surface area contributed by atoms with Crippen LogP contribution in [0.2, 0.25) is 0 Å². The van der Waals surface area contributed by atoms with Gasteiger partial charge >= 0.3 is 0 Å². The molecule has 7 heteroatoms. The van der Waals surface area contributed by atoms with Gasteiger partial charge in [-0.15, -0.1) is 0 Å². The summed E-state index contributed by atoms with van der Waals surface area (Å²) in [6, 6.07) is 7.22. The fourth-order valence-corrected chi connectivity index (χ4v) is 2.10. The third-order valence-electron chi connectivity index (χ3n) is 2.70. The molecule has 0 fully saturated rings. The van der Waals surface area contributed by atoms with Crippen molar-refractivity contribution < 1.29 is 13.2 Å². The number of anilines is 3. The number of rotatable bonds is 2. The van der Waals surface area contributed by atoms with Gasteiger partial charge in [0.15, 0.2) is 5.58 Å². The largest absolute Gasteiger partial charge is 0.423 e. The Morgan fingerprint density at radius 3 is 2.75 bits per heavy atom. The van der Waals surface area contributed by atoms with Crippen LogP contribution in [0.1, 0.15) is 0 Å². The van der Waals surface area contributed by atoms with Crippen LogP contribution in [0.3, 0.4) is 0 Å². The van der Waals surface area contributed by atoms with Gasteiger partial charge in [-0.1, -0.05) is 6.07 Å². The van der Waals surface area contributed by atoms with E-state index in [-0.39, 0.29) is 16.2 Å². The Labute approximate surface area is 120 Å². The summed E-state index contributed by atoms with van der Waals surface area (Å²) in [4.78, 5) is 4.12. The van der Waals surface area contributed by atoms with Gasteiger partial charge in [0.2, 0.25) is 0 Å². The summed E-state index contributed by atoms with van der Waals surface area (Å²) in [5.74, 6) is -1.43. The van der Waals surface area contributed by atoms with Crippen LogP contribution in [0, 0.1) is 11.6 Å². The average Bonchev–Trinajstić information content (AvgIpc) is 2.80. The molecule has 2 aromatic carbocycles. The van der Waals surface area contributed by atoms with E-state index in [1.165, 1.54) is 6.07 Å². The molecule has 0 aliphatic rings. The third-order valence-corrected chi connectivity index (χ3v) is 3.31. The van der Waals surface area contributed by atoms with Crippen molar-refractivity contribution in [1.29, 1.82) is 0 Å². The van der Waals surface area contributed by atoms with Crippen molar-refractivity contribution in [2.45, 2.75) is 0 Å². The number of benzene rings is 2. The van der Waals surface area contributed by atoms with E-state index in [0.717, 1.165) is 6.07 Å². The van der Waals surface area contributed by atoms with Crippen LogP contribution < -0.4 is 11.1 Å².